The van der Waals surface area contributed by atoms with Crippen LogP contribution in [0.15, 0.2) is 59.7 Å². The summed E-state index contributed by atoms with van der Waals surface area (Å²) < 4.78 is 2.11. The largest absolute Gasteiger partial charge is 0.329 e. The van der Waals surface area contributed by atoms with E-state index in [4.69, 9.17) is 11.6 Å². The fourth-order valence-corrected chi connectivity index (χ4v) is 3.24. The first-order valence-electron chi connectivity index (χ1n) is 9.01. The van der Waals surface area contributed by atoms with Crippen molar-refractivity contribution in [3.05, 3.63) is 82.1 Å². The molecule has 0 atom stereocenters. The van der Waals surface area contributed by atoms with Gasteiger partial charge in [-0.15, -0.1) is 0 Å². The number of hydrazone groups is 1. The molecule has 3 aromatic rings. The summed E-state index contributed by atoms with van der Waals surface area (Å²) in [5.74, 6) is -1.69. The van der Waals surface area contributed by atoms with Crippen molar-refractivity contribution in [2.75, 3.05) is 5.32 Å². The van der Waals surface area contributed by atoms with Gasteiger partial charge in [0.2, 0.25) is 0 Å². The first kappa shape index (κ1) is 20.4. The van der Waals surface area contributed by atoms with Crippen LogP contribution in [-0.2, 0) is 9.59 Å². The Hall–Kier alpha value is -3.38. The Morgan fingerprint density at radius 2 is 1.76 bits per heavy atom. The Labute approximate surface area is 174 Å². The molecule has 0 saturated carbocycles. The number of aromatic nitrogens is 1. The Bertz CT molecular complexity index is 1100. The molecule has 29 heavy (non-hydrogen) atoms. The molecule has 0 aliphatic heterocycles. The average molecular weight is 409 g/mol. The number of benzene rings is 2. The van der Waals surface area contributed by atoms with Gasteiger partial charge in [-0.05, 0) is 62.7 Å². The van der Waals surface area contributed by atoms with Gasteiger partial charge in [-0.25, -0.2) is 5.43 Å². The van der Waals surface area contributed by atoms with Gasteiger partial charge in [0.05, 0.1) is 6.21 Å². The van der Waals surface area contributed by atoms with E-state index in [9.17, 15) is 9.59 Å². The van der Waals surface area contributed by atoms with Crippen molar-refractivity contribution >= 4 is 35.3 Å². The fraction of sp³-hybridized carbons (Fsp3) is 0.136. The highest BCUT2D eigenvalue weighted by molar-refractivity contribution is 6.39. The van der Waals surface area contributed by atoms with Crippen molar-refractivity contribution in [3.8, 4) is 5.69 Å². The van der Waals surface area contributed by atoms with Crippen molar-refractivity contribution in [3.63, 3.8) is 0 Å². The monoisotopic (exact) mass is 408 g/mol. The predicted octanol–water partition coefficient (Wildman–Crippen LogP) is 4.14. The number of hydrogen-bond acceptors (Lipinski definition) is 3. The molecule has 6 nitrogen and oxygen atoms in total. The van der Waals surface area contributed by atoms with Crippen molar-refractivity contribution in [1.29, 1.82) is 0 Å². The summed E-state index contributed by atoms with van der Waals surface area (Å²) in [6.45, 7) is 6.03. The Morgan fingerprint density at radius 3 is 2.48 bits per heavy atom. The molecule has 2 aromatic carbocycles. The Kier molecular flexibility index (Phi) is 6.14. The summed E-state index contributed by atoms with van der Waals surface area (Å²) in [6.07, 6.45) is 1.53. The molecular weight excluding hydrogens is 388 g/mol. The molecule has 0 radical (unpaired) electrons. The molecule has 0 unspecified atom stereocenters. The molecule has 2 amide bonds. The number of nitrogens with zero attached hydrogens (tertiary/aromatic N) is 2. The molecule has 7 heteroatoms. The lowest BCUT2D eigenvalue weighted by Crippen LogP contribution is -2.32. The van der Waals surface area contributed by atoms with Crippen molar-refractivity contribution < 1.29 is 9.59 Å². The standard InChI is InChI=1S/C22H21ClN4O2/c1-14-6-4-9-20(10-14)27-15(2)11-17(16(27)3)13-24-26-22(29)21(28)25-19-8-5-7-18(23)12-19/h4-13H,1-3H3,(H,25,28)(H,26,29)/b24-13-. The first-order chi connectivity index (χ1) is 13.8. The van der Waals surface area contributed by atoms with Crippen LogP contribution >= 0.6 is 11.6 Å². The minimum Gasteiger partial charge on any atom is -0.318 e. The second-order valence-corrected chi connectivity index (χ2v) is 7.10. The van der Waals surface area contributed by atoms with Crippen LogP contribution in [0.3, 0.4) is 0 Å². The quantitative estimate of drug-likeness (QED) is 0.386. The van der Waals surface area contributed by atoms with E-state index in [1.807, 2.05) is 45.0 Å². The average Bonchev–Trinajstić information content (AvgIpc) is 2.95. The maximum Gasteiger partial charge on any atom is 0.329 e. The molecule has 148 valence electrons. The third-order valence-corrected chi connectivity index (χ3v) is 4.62. The van der Waals surface area contributed by atoms with E-state index >= 15 is 0 Å². The highest BCUT2D eigenvalue weighted by atomic mass is 35.5. The van der Waals surface area contributed by atoms with Gasteiger partial charge in [0.15, 0.2) is 0 Å². The Balaban J connectivity index is 1.68. The lowest BCUT2D eigenvalue weighted by molar-refractivity contribution is -0.136. The fourth-order valence-electron chi connectivity index (χ4n) is 3.05. The number of rotatable bonds is 4. The zero-order valence-corrected chi connectivity index (χ0v) is 17.1. The third kappa shape index (κ3) is 4.92. The van der Waals surface area contributed by atoms with Gasteiger partial charge >= 0.3 is 11.8 Å². The Morgan fingerprint density at radius 1 is 1.00 bits per heavy atom. The van der Waals surface area contributed by atoms with E-state index in [0.717, 1.165) is 22.6 Å². The predicted molar refractivity (Wildman–Crippen MR) is 116 cm³/mol. The van der Waals surface area contributed by atoms with Crippen molar-refractivity contribution in [2.24, 2.45) is 5.10 Å². The number of hydrogen-bond donors (Lipinski definition) is 2. The van der Waals surface area contributed by atoms with Crippen LogP contribution in [0.5, 0.6) is 0 Å². The molecule has 0 saturated heterocycles. The molecule has 3 rings (SSSR count). The van der Waals surface area contributed by atoms with Crippen molar-refractivity contribution in [1.82, 2.24) is 9.99 Å². The topological polar surface area (TPSA) is 75.5 Å². The summed E-state index contributed by atoms with van der Waals surface area (Å²) in [5, 5.41) is 6.86. The van der Waals surface area contributed by atoms with Crippen LogP contribution in [0.2, 0.25) is 5.02 Å². The zero-order valence-electron chi connectivity index (χ0n) is 16.4. The normalized spacial score (nSPS) is 10.9. The maximum atomic E-state index is 12.0. The number of halogens is 1. The molecule has 0 aliphatic carbocycles. The summed E-state index contributed by atoms with van der Waals surface area (Å²) >= 11 is 5.86. The zero-order chi connectivity index (χ0) is 21.0. The molecule has 2 N–H and O–H groups in total. The molecule has 0 bridgehead atoms. The number of aryl methyl sites for hydroxylation is 2. The summed E-state index contributed by atoms with van der Waals surface area (Å²) in [7, 11) is 0. The molecule has 0 spiro atoms. The van der Waals surface area contributed by atoms with Crippen LogP contribution in [-0.4, -0.2) is 22.6 Å². The second kappa shape index (κ2) is 8.75. The lowest BCUT2D eigenvalue weighted by atomic mass is 10.2. The summed E-state index contributed by atoms with van der Waals surface area (Å²) in [4.78, 5) is 23.9. The SMILES string of the molecule is Cc1cccc(-n2c(C)cc(/C=N\NC(=O)C(=O)Nc3cccc(Cl)c3)c2C)c1. The number of nitrogens with one attached hydrogen (secondary N) is 2. The minimum absolute atomic E-state index is 0.434. The van der Waals surface area contributed by atoms with Gasteiger partial charge in [0, 0.05) is 33.3 Å². The smallest absolute Gasteiger partial charge is 0.318 e. The van der Waals surface area contributed by atoms with Gasteiger partial charge in [-0.2, -0.15) is 5.10 Å². The molecule has 1 aromatic heterocycles. The van der Waals surface area contributed by atoms with E-state index in [2.05, 4.69) is 26.5 Å². The maximum absolute atomic E-state index is 12.0. The van der Waals surface area contributed by atoms with E-state index in [-0.39, 0.29) is 0 Å². The van der Waals surface area contributed by atoms with Crippen molar-refractivity contribution in [2.45, 2.75) is 20.8 Å². The van der Waals surface area contributed by atoms with Crippen LogP contribution in [0.4, 0.5) is 5.69 Å². The first-order valence-corrected chi connectivity index (χ1v) is 9.39. The lowest BCUT2D eigenvalue weighted by Gasteiger charge is -2.10. The van der Waals surface area contributed by atoms with Crippen LogP contribution in [0.25, 0.3) is 5.69 Å². The van der Waals surface area contributed by atoms with Crippen LogP contribution < -0.4 is 10.7 Å². The number of anilines is 1. The minimum atomic E-state index is -0.867. The number of carbonyl (C=O) groups excluding carboxylic acids is 2. The highest BCUT2D eigenvalue weighted by Crippen LogP contribution is 2.20. The third-order valence-electron chi connectivity index (χ3n) is 4.39. The van der Waals surface area contributed by atoms with Gasteiger partial charge in [-0.1, -0.05) is 29.8 Å². The van der Waals surface area contributed by atoms with Gasteiger partial charge in [-0.3, -0.25) is 9.59 Å². The molecular formula is C22H21ClN4O2. The van der Waals surface area contributed by atoms with Crippen LogP contribution in [0, 0.1) is 20.8 Å². The van der Waals surface area contributed by atoms with Gasteiger partial charge < -0.3 is 9.88 Å². The number of amides is 2. The highest BCUT2D eigenvalue weighted by Gasteiger charge is 2.13. The van der Waals surface area contributed by atoms with Crippen LogP contribution in [0.1, 0.15) is 22.5 Å². The molecule has 0 aliphatic rings. The molecule has 1 heterocycles. The van der Waals surface area contributed by atoms with E-state index in [0.29, 0.717) is 10.7 Å². The van der Waals surface area contributed by atoms with Gasteiger partial charge in [0.1, 0.15) is 0 Å². The molecule has 0 fully saturated rings. The second-order valence-electron chi connectivity index (χ2n) is 6.66. The summed E-state index contributed by atoms with van der Waals surface area (Å²) in [5.41, 5.74) is 7.78. The summed E-state index contributed by atoms with van der Waals surface area (Å²) in [6, 6.07) is 16.7. The number of carbonyl (C=O) groups is 2. The van der Waals surface area contributed by atoms with Gasteiger partial charge in [0.25, 0.3) is 0 Å². The van der Waals surface area contributed by atoms with E-state index < -0.39 is 11.8 Å². The van der Waals surface area contributed by atoms with E-state index in [1.165, 1.54) is 11.8 Å². The van der Waals surface area contributed by atoms with E-state index in [1.54, 1.807) is 24.3 Å².